The molecule has 1 unspecified atom stereocenters. The predicted molar refractivity (Wildman–Crippen MR) is 63.8 cm³/mol. The van der Waals surface area contributed by atoms with Crippen LogP contribution in [0, 0.1) is 11.6 Å². The average Bonchev–Trinajstić information content (AvgIpc) is 2.28. The maximum absolute atomic E-state index is 13.6. The maximum Gasteiger partial charge on any atom is 0.129 e. The number of benzene rings is 2. The molecule has 0 spiro atoms. The van der Waals surface area contributed by atoms with E-state index in [9.17, 15) is 8.78 Å². The molecule has 1 nitrogen and oxygen atoms in total. The van der Waals surface area contributed by atoms with Gasteiger partial charge < -0.3 is 5.73 Å². The van der Waals surface area contributed by atoms with E-state index in [2.05, 4.69) is 0 Å². The molecule has 2 N–H and O–H groups in total. The summed E-state index contributed by atoms with van der Waals surface area (Å²) in [5.41, 5.74) is 6.56. The molecule has 0 radical (unpaired) electrons. The van der Waals surface area contributed by atoms with Crippen molar-refractivity contribution in [1.29, 1.82) is 0 Å². The van der Waals surface area contributed by atoms with Gasteiger partial charge in [0.1, 0.15) is 11.6 Å². The van der Waals surface area contributed by atoms with Crippen LogP contribution in [0.1, 0.15) is 17.2 Å². The van der Waals surface area contributed by atoms with Gasteiger partial charge in [0.15, 0.2) is 0 Å². The van der Waals surface area contributed by atoms with Gasteiger partial charge >= 0.3 is 0 Å². The average molecular weight is 254 g/mol. The van der Waals surface area contributed by atoms with E-state index in [0.717, 1.165) is 0 Å². The molecule has 0 bridgehead atoms. The molecule has 0 aliphatic rings. The van der Waals surface area contributed by atoms with Crippen molar-refractivity contribution in [3.05, 3.63) is 70.2 Å². The van der Waals surface area contributed by atoms with Gasteiger partial charge in [0.05, 0.1) is 6.04 Å². The fourth-order valence-corrected chi connectivity index (χ4v) is 1.96. The topological polar surface area (TPSA) is 26.0 Å². The lowest BCUT2D eigenvalue weighted by Crippen LogP contribution is -2.14. The van der Waals surface area contributed by atoms with E-state index in [4.69, 9.17) is 17.3 Å². The smallest absolute Gasteiger partial charge is 0.129 e. The molecule has 0 aromatic heterocycles. The Hall–Kier alpha value is -1.45. The molecule has 0 fully saturated rings. The molecule has 1 atom stereocenters. The Labute approximate surface area is 103 Å². The monoisotopic (exact) mass is 253 g/mol. The van der Waals surface area contributed by atoms with Crippen LogP contribution in [0.5, 0.6) is 0 Å². The van der Waals surface area contributed by atoms with Gasteiger partial charge in [0.25, 0.3) is 0 Å². The van der Waals surface area contributed by atoms with Crippen molar-refractivity contribution in [2.24, 2.45) is 5.73 Å². The zero-order valence-electron chi connectivity index (χ0n) is 8.83. The third kappa shape index (κ3) is 2.46. The van der Waals surface area contributed by atoms with E-state index in [-0.39, 0.29) is 10.6 Å². The lowest BCUT2D eigenvalue weighted by Gasteiger charge is -2.15. The summed E-state index contributed by atoms with van der Waals surface area (Å²) in [4.78, 5) is 0. The SMILES string of the molecule is NC(c1cccc(F)c1)c1c(F)cccc1Cl. The number of rotatable bonds is 2. The second-order valence-electron chi connectivity index (χ2n) is 3.67. The van der Waals surface area contributed by atoms with Gasteiger partial charge in [-0.05, 0) is 29.8 Å². The highest BCUT2D eigenvalue weighted by Gasteiger charge is 2.17. The molecule has 0 heterocycles. The number of hydrogen-bond acceptors (Lipinski definition) is 1. The predicted octanol–water partition coefficient (Wildman–Crippen LogP) is 3.67. The zero-order valence-corrected chi connectivity index (χ0v) is 9.59. The van der Waals surface area contributed by atoms with Gasteiger partial charge in [0.2, 0.25) is 0 Å². The van der Waals surface area contributed by atoms with Crippen LogP contribution in [-0.2, 0) is 0 Å². The van der Waals surface area contributed by atoms with Crippen molar-refractivity contribution in [1.82, 2.24) is 0 Å². The second kappa shape index (κ2) is 4.82. The van der Waals surface area contributed by atoms with Gasteiger partial charge in [-0.15, -0.1) is 0 Å². The van der Waals surface area contributed by atoms with E-state index in [1.165, 1.54) is 30.3 Å². The minimum atomic E-state index is -0.778. The normalized spacial score (nSPS) is 12.5. The molecule has 17 heavy (non-hydrogen) atoms. The maximum atomic E-state index is 13.6. The summed E-state index contributed by atoms with van der Waals surface area (Å²) in [7, 11) is 0. The molecule has 4 heteroatoms. The summed E-state index contributed by atoms with van der Waals surface area (Å²) in [5, 5.41) is 0.238. The molecule has 0 saturated carbocycles. The van der Waals surface area contributed by atoms with Crippen LogP contribution >= 0.6 is 11.6 Å². The Bertz CT molecular complexity index is 522. The van der Waals surface area contributed by atoms with Crippen LogP contribution in [-0.4, -0.2) is 0 Å². The van der Waals surface area contributed by atoms with Crippen molar-refractivity contribution in [3.63, 3.8) is 0 Å². The standard InChI is InChI=1S/C13H10ClF2N/c14-10-5-2-6-11(16)12(10)13(17)8-3-1-4-9(15)7-8/h1-7,13H,17H2. The molecule has 2 aromatic carbocycles. The first kappa shape index (κ1) is 12.0. The highest BCUT2D eigenvalue weighted by molar-refractivity contribution is 6.31. The van der Waals surface area contributed by atoms with Crippen LogP contribution < -0.4 is 5.73 Å². The number of nitrogens with two attached hydrogens (primary N) is 1. The van der Waals surface area contributed by atoms with Gasteiger partial charge in [-0.3, -0.25) is 0 Å². The first-order valence-electron chi connectivity index (χ1n) is 5.04. The van der Waals surface area contributed by atoms with Crippen LogP contribution in [0.25, 0.3) is 0 Å². The lowest BCUT2D eigenvalue weighted by atomic mass is 9.99. The third-order valence-corrected chi connectivity index (χ3v) is 2.85. The summed E-state index contributed by atoms with van der Waals surface area (Å²) in [5.74, 6) is -0.903. The van der Waals surface area contributed by atoms with E-state index < -0.39 is 17.7 Å². The first-order valence-corrected chi connectivity index (χ1v) is 5.42. The van der Waals surface area contributed by atoms with Crippen molar-refractivity contribution in [2.75, 3.05) is 0 Å². The summed E-state index contributed by atoms with van der Waals surface area (Å²) < 4.78 is 26.7. The number of hydrogen-bond donors (Lipinski definition) is 1. The Morgan fingerprint density at radius 2 is 1.76 bits per heavy atom. The molecule has 0 saturated heterocycles. The van der Waals surface area contributed by atoms with Gasteiger partial charge in [-0.25, -0.2) is 8.78 Å². The fraction of sp³-hybridized carbons (Fsp3) is 0.0769. The summed E-state index contributed by atoms with van der Waals surface area (Å²) >= 11 is 5.90. The van der Waals surface area contributed by atoms with Crippen LogP contribution in [0.3, 0.4) is 0 Å². The molecule has 88 valence electrons. The molecular formula is C13H10ClF2N. The van der Waals surface area contributed by atoms with E-state index >= 15 is 0 Å². The van der Waals surface area contributed by atoms with Gasteiger partial charge in [0, 0.05) is 10.6 Å². The quantitative estimate of drug-likeness (QED) is 0.868. The second-order valence-corrected chi connectivity index (χ2v) is 4.08. The van der Waals surface area contributed by atoms with Crippen molar-refractivity contribution >= 4 is 11.6 Å². The van der Waals surface area contributed by atoms with E-state index in [1.54, 1.807) is 12.1 Å². The summed E-state index contributed by atoms with van der Waals surface area (Å²) in [6, 6.07) is 9.29. The molecular weight excluding hydrogens is 244 g/mol. The summed E-state index contributed by atoms with van der Waals surface area (Å²) in [6.45, 7) is 0. The van der Waals surface area contributed by atoms with Crippen LogP contribution in [0.15, 0.2) is 42.5 Å². The van der Waals surface area contributed by atoms with Crippen LogP contribution in [0.2, 0.25) is 5.02 Å². The fourth-order valence-electron chi connectivity index (χ4n) is 1.67. The molecule has 2 rings (SSSR count). The third-order valence-electron chi connectivity index (χ3n) is 2.52. The lowest BCUT2D eigenvalue weighted by molar-refractivity contribution is 0.596. The minimum absolute atomic E-state index is 0.180. The van der Waals surface area contributed by atoms with Crippen molar-refractivity contribution in [2.45, 2.75) is 6.04 Å². The Morgan fingerprint density at radius 3 is 2.41 bits per heavy atom. The van der Waals surface area contributed by atoms with E-state index in [0.29, 0.717) is 5.56 Å². The Morgan fingerprint density at radius 1 is 1.06 bits per heavy atom. The molecule has 0 aliphatic heterocycles. The van der Waals surface area contributed by atoms with Gasteiger partial charge in [-0.1, -0.05) is 29.8 Å². The first-order chi connectivity index (χ1) is 8.09. The van der Waals surface area contributed by atoms with Crippen LogP contribution in [0.4, 0.5) is 8.78 Å². The highest BCUT2D eigenvalue weighted by Crippen LogP contribution is 2.28. The molecule has 0 amide bonds. The largest absolute Gasteiger partial charge is 0.320 e. The molecule has 0 aliphatic carbocycles. The zero-order chi connectivity index (χ0) is 12.4. The number of halogens is 3. The summed E-state index contributed by atoms with van der Waals surface area (Å²) in [6.07, 6.45) is 0. The molecule has 2 aromatic rings. The van der Waals surface area contributed by atoms with Crippen molar-refractivity contribution in [3.8, 4) is 0 Å². The van der Waals surface area contributed by atoms with Gasteiger partial charge in [-0.2, -0.15) is 0 Å². The van der Waals surface area contributed by atoms with E-state index in [1.807, 2.05) is 0 Å². The highest BCUT2D eigenvalue weighted by atomic mass is 35.5. The Kier molecular flexibility index (Phi) is 3.41. The van der Waals surface area contributed by atoms with Crippen molar-refractivity contribution < 1.29 is 8.78 Å². The Balaban J connectivity index is 2.47. The minimum Gasteiger partial charge on any atom is -0.320 e.